The molecule has 1 aromatic carbocycles. The molecule has 2 atom stereocenters. The molecule has 0 spiro atoms. The van der Waals surface area contributed by atoms with Crippen molar-refractivity contribution in [2.45, 2.75) is 58.9 Å². The van der Waals surface area contributed by atoms with Gasteiger partial charge in [-0.2, -0.15) is 0 Å². The van der Waals surface area contributed by atoms with Crippen LogP contribution in [0.4, 0.5) is 0 Å². The number of amides is 1. The number of nitrogens with one attached hydrogen (secondary N) is 1. The van der Waals surface area contributed by atoms with Crippen molar-refractivity contribution in [3.63, 3.8) is 0 Å². The van der Waals surface area contributed by atoms with Gasteiger partial charge in [0.25, 0.3) is 0 Å². The minimum absolute atomic E-state index is 0.0506. The molecule has 1 saturated heterocycles. The Labute approximate surface area is 158 Å². The van der Waals surface area contributed by atoms with Crippen LogP contribution in [0.1, 0.15) is 51.2 Å². The predicted octanol–water partition coefficient (Wildman–Crippen LogP) is 3.37. The highest BCUT2D eigenvalue weighted by Gasteiger charge is 2.28. The molecule has 4 heteroatoms. The molecule has 0 saturated carbocycles. The van der Waals surface area contributed by atoms with Crippen LogP contribution in [0.2, 0.25) is 0 Å². The van der Waals surface area contributed by atoms with Crippen LogP contribution < -0.4 is 5.32 Å². The monoisotopic (exact) mass is 358 g/mol. The van der Waals surface area contributed by atoms with E-state index in [0.717, 1.165) is 44.8 Å². The maximum absolute atomic E-state index is 12.9. The molecule has 3 rings (SSSR count). The molecule has 1 fully saturated rings. The molecule has 26 heavy (non-hydrogen) atoms. The summed E-state index contributed by atoms with van der Waals surface area (Å²) in [5, 5.41) is 13.0. The Hall–Kier alpha value is -1.55. The number of rotatable bonds is 5. The summed E-state index contributed by atoms with van der Waals surface area (Å²) in [6.45, 7) is 10.0. The van der Waals surface area contributed by atoms with Crippen LogP contribution in [0.3, 0.4) is 0 Å². The SMILES string of the molecule is CC1CCN(CC(NC(=O)C2CCc3cc(O)ccc3C2)C(C)C)CC1. The Morgan fingerprint density at radius 3 is 2.65 bits per heavy atom. The third-order valence-electron chi connectivity index (χ3n) is 6.25. The topological polar surface area (TPSA) is 52.6 Å². The third-order valence-corrected chi connectivity index (χ3v) is 6.25. The van der Waals surface area contributed by atoms with Gasteiger partial charge in [0.15, 0.2) is 0 Å². The number of piperidine rings is 1. The number of nitrogens with zero attached hydrogens (tertiary/aromatic N) is 1. The van der Waals surface area contributed by atoms with E-state index in [1.54, 1.807) is 6.07 Å². The number of phenols is 1. The van der Waals surface area contributed by atoms with Gasteiger partial charge in [0.05, 0.1) is 0 Å². The average Bonchev–Trinajstić information content (AvgIpc) is 2.62. The number of likely N-dealkylation sites (tertiary alicyclic amines) is 1. The lowest BCUT2D eigenvalue weighted by Gasteiger charge is -2.35. The van der Waals surface area contributed by atoms with Crippen molar-refractivity contribution in [3.8, 4) is 5.75 Å². The van der Waals surface area contributed by atoms with Crippen LogP contribution in [-0.2, 0) is 17.6 Å². The maximum atomic E-state index is 12.9. The summed E-state index contributed by atoms with van der Waals surface area (Å²) in [5.41, 5.74) is 2.40. The van der Waals surface area contributed by atoms with Gasteiger partial charge in [0.2, 0.25) is 5.91 Å². The van der Waals surface area contributed by atoms with Gasteiger partial charge >= 0.3 is 0 Å². The van der Waals surface area contributed by atoms with E-state index in [4.69, 9.17) is 0 Å². The first kappa shape index (κ1) is 19.2. The number of fused-ring (bicyclic) bond motifs is 1. The number of hydrogen-bond acceptors (Lipinski definition) is 3. The van der Waals surface area contributed by atoms with Gasteiger partial charge < -0.3 is 15.3 Å². The highest BCUT2D eigenvalue weighted by atomic mass is 16.3. The number of phenolic OH excluding ortho intramolecular Hbond substituents is 1. The third kappa shape index (κ3) is 4.79. The second-order valence-corrected chi connectivity index (χ2v) is 8.73. The Balaban J connectivity index is 1.57. The van der Waals surface area contributed by atoms with Crippen LogP contribution in [0.5, 0.6) is 5.75 Å². The lowest BCUT2D eigenvalue weighted by atomic mass is 9.83. The van der Waals surface area contributed by atoms with E-state index in [2.05, 4.69) is 31.0 Å². The first-order valence-electron chi connectivity index (χ1n) is 10.3. The van der Waals surface area contributed by atoms with Gasteiger partial charge in [-0.05, 0) is 80.3 Å². The smallest absolute Gasteiger partial charge is 0.223 e. The van der Waals surface area contributed by atoms with E-state index in [9.17, 15) is 9.90 Å². The van der Waals surface area contributed by atoms with Crippen molar-refractivity contribution in [1.29, 1.82) is 0 Å². The van der Waals surface area contributed by atoms with Gasteiger partial charge in [-0.25, -0.2) is 0 Å². The van der Waals surface area contributed by atoms with Gasteiger partial charge in [-0.15, -0.1) is 0 Å². The molecule has 0 aromatic heterocycles. The molecule has 4 nitrogen and oxygen atoms in total. The lowest BCUT2D eigenvalue weighted by molar-refractivity contribution is -0.126. The Bertz CT molecular complexity index is 621. The highest BCUT2D eigenvalue weighted by molar-refractivity contribution is 5.79. The zero-order chi connectivity index (χ0) is 18.7. The molecular formula is C22H34N2O2. The lowest BCUT2D eigenvalue weighted by Crippen LogP contribution is -2.50. The zero-order valence-electron chi connectivity index (χ0n) is 16.5. The van der Waals surface area contributed by atoms with Crippen molar-refractivity contribution >= 4 is 5.91 Å². The summed E-state index contributed by atoms with van der Waals surface area (Å²) >= 11 is 0. The molecular weight excluding hydrogens is 324 g/mol. The molecule has 1 heterocycles. The van der Waals surface area contributed by atoms with E-state index in [1.807, 2.05) is 12.1 Å². The number of aryl methyl sites for hydroxylation is 1. The average molecular weight is 359 g/mol. The van der Waals surface area contributed by atoms with Gasteiger partial charge in [0.1, 0.15) is 5.75 Å². The number of hydrogen-bond donors (Lipinski definition) is 2. The molecule has 0 radical (unpaired) electrons. The second-order valence-electron chi connectivity index (χ2n) is 8.73. The van der Waals surface area contributed by atoms with Gasteiger partial charge in [-0.3, -0.25) is 4.79 Å². The van der Waals surface area contributed by atoms with E-state index >= 15 is 0 Å². The van der Waals surface area contributed by atoms with Crippen LogP contribution in [-0.4, -0.2) is 41.6 Å². The largest absolute Gasteiger partial charge is 0.508 e. The van der Waals surface area contributed by atoms with Crippen molar-refractivity contribution in [2.24, 2.45) is 17.8 Å². The molecule has 2 unspecified atom stereocenters. The second kappa shape index (κ2) is 8.43. The summed E-state index contributed by atoms with van der Waals surface area (Å²) in [4.78, 5) is 15.4. The number of carbonyl (C=O) groups excluding carboxylic acids is 1. The summed E-state index contributed by atoms with van der Waals surface area (Å²) in [6.07, 6.45) is 5.07. The first-order chi connectivity index (χ1) is 12.4. The minimum Gasteiger partial charge on any atom is -0.508 e. The standard InChI is InChI=1S/C22H34N2O2/c1-15(2)21(14-24-10-8-16(3)9-11-24)23-22(26)19-5-4-18-13-20(25)7-6-17(18)12-19/h6-7,13,15-16,19,21,25H,4-5,8-12,14H2,1-3H3,(H,23,26). The summed E-state index contributed by atoms with van der Waals surface area (Å²) in [6, 6.07) is 5.77. The number of benzene rings is 1. The van der Waals surface area contributed by atoms with Crippen molar-refractivity contribution < 1.29 is 9.90 Å². The molecule has 1 aliphatic carbocycles. The zero-order valence-corrected chi connectivity index (χ0v) is 16.5. The summed E-state index contributed by atoms with van der Waals surface area (Å²) < 4.78 is 0. The first-order valence-corrected chi connectivity index (χ1v) is 10.3. The molecule has 1 aromatic rings. The normalized spacial score (nSPS) is 22.8. The molecule has 1 amide bonds. The van der Waals surface area contributed by atoms with Crippen LogP contribution in [0.15, 0.2) is 18.2 Å². The quantitative estimate of drug-likeness (QED) is 0.848. The minimum atomic E-state index is 0.0506. The number of carbonyl (C=O) groups is 1. The van der Waals surface area contributed by atoms with Crippen LogP contribution in [0.25, 0.3) is 0 Å². The van der Waals surface area contributed by atoms with E-state index in [-0.39, 0.29) is 17.9 Å². The Morgan fingerprint density at radius 2 is 1.96 bits per heavy atom. The van der Waals surface area contributed by atoms with Crippen LogP contribution in [0, 0.1) is 17.8 Å². The molecule has 2 N–H and O–H groups in total. The Morgan fingerprint density at radius 1 is 1.23 bits per heavy atom. The summed E-state index contributed by atoms with van der Waals surface area (Å²) in [5.74, 6) is 1.84. The van der Waals surface area contributed by atoms with E-state index in [1.165, 1.54) is 24.0 Å². The van der Waals surface area contributed by atoms with Gasteiger partial charge in [-0.1, -0.05) is 26.8 Å². The summed E-state index contributed by atoms with van der Waals surface area (Å²) in [7, 11) is 0. The van der Waals surface area contributed by atoms with E-state index in [0.29, 0.717) is 11.7 Å². The molecule has 0 bridgehead atoms. The Kier molecular flexibility index (Phi) is 6.23. The van der Waals surface area contributed by atoms with E-state index < -0.39 is 0 Å². The fraction of sp³-hybridized carbons (Fsp3) is 0.682. The molecule has 1 aliphatic heterocycles. The van der Waals surface area contributed by atoms with Crippen molar-refractivity contribution in [2.75, 3.05) is 19.6 Å². The molecule has 2 aliphatic rings. The highest BCUT2D eigenvalue weighted by Crippen LogP contribution is 2.28. The fourth-order valence-corrected chi connectivity index (χ4v) is 4.21. The van der Waals surface area contributed by atoms with Crippen molar-refractivity contribution in [1.82, 2.24) is 10.2 Å². The maximum Gasteiger partial charge on any atom is 0.223 e. The number of aromatic hydroxyl groups is 1. The van der Waals surface area contributed by atoms with Gasteiger partial charge in [0, 0.05) is 18.5 Å². The fourth-order valence-electron chi connectivity index (χ4n) is 4.21. The van der Waals surface area contributed by atoms with Crippen LogP contribution >= 0.6 is 0 Å². The molecule has 144 valence electrons. The predicted molar refractivity (Wildman–Crippen MR) is 105 cm³/mol. The van der Waals surface area contributed by atoms with Crippen molar-refractivity contribution in [3.05, 3.63) is 29.3 Å².